The van der Waals surface area contributed by atoms with Crippen LogP contribution in [-0.4, -0.2) is 28.4 Å². The molecule has 0 saturated heterocycles. The smallest absolute Gasteiger partial charge is 0.192 e. The van der Waals surface area contributed by atoms with Gasteiger partial charge in [0.2, 0.25) is 0 Å². The monoisotopic (exact) mass is 316 g/mol. The number of ether oxygens (including phenoxy) is 1. The lowest BCUT2D eigenvalue weighted by molar-refractivity contribution is -0.176. The topological polar surface area (TPSA) is 66.8 Å². The number of rotatable bonds is 7. The number of hydrogen-bond donors (Lipinski definition) is 2. The summed E-state index contributed by atoms with van der Waals surface area (Å²) in [7, 11) is 0. The zero-order valence-electron chi connectivity index (χ0n) is 13.5. The molecule has 1 aromatic carbocycles. The van der Waals surface area contributed by atoms with Gasteiger partial charge in [-0.15, -0.1) is 0 Å². The van der Waals surface area contributed by atoms with Gasteiger partial charge in [0.05, 0.1) is 18.6 Å². The van der Waals surface area contributed by atoms with Crippen LogP contribution in [0.25, 0.3) is 5.76 Å². The lowest BCUT2D eigenvalue weighted by Gasteiger charge is -2.28. The third-order valence-corrected chi connectivity index (χ3v) is 3.88. The molecule has 1 aromatic rings. The molecule has 0 aliphatic heterocycles. The van der Waals surface area contributed by atoms with Crippen molar-refractivity contribution in [2.45, 2.75) is 44.8 Å². The fourth-order valence-corrected chi connectivity index (χ4v) is 2.53. The van der Waals surface area contributed by atoms with Crippen molar-refractivity contribution in [1.29, 1.82) is 0 Å². The maximum atomic E-state index is 12.3. The first kappa shape index (κ1) is 17.4. The van der Waals surface area contributed by atoms with Crippen molar-refractivity contribution in [2.24, 2.45) is 0 Å². The number of aliphatic hydroxyl groups excluding tert-OH is 1. The van der Waals surface area contributed by atoms with Gasteiger partial charge in [-0.2, -0.15) is 0 Å². The molecule has 0 bridgehead atoms. The summed E-state index contributed by atoms with van der Waals surface area (Å²) in [5, 5.41) is 20.6. The summed E-state index contributed by atoms with van der Waals surface area (Å²) in [5.41, 5.74) is 0.780. The van der Waals surface area contributed by atoms with Crippen molar-refractivity contribution in [3.05, 3.63) is 53.6 Å². The van der Waals surface area contributed by atoms with Crippen LogP contribution in [0, 0.1) is 0 Å². The van der Waals surface area contributed by atoms with E-state index >= 15 is 0 Å². The summed E-state index contributed by atoms with van der Waals surface area (Å²) < 4.78 is 5.46. The van der Waals surface area contributed by atoms with Gasteiger partial charge >= 0.3 is 0 Å². The summed E-state index contributed by atoms with van der Waals surface area (Å²) >= 11 is 0. The van der Waals surface area contributed by atoms with Crippen LogP contribution in [-0.2, 0) is 9.53 Å². The first-order valence-electron chi connectivity index (χ1n) is 8.13. The summed E-state index contributed by atoms with van der Waals surface area (Å²) in [6.45, 7) is 2.54. The van der Waals surface area contributed by atoms with Gasteiger partial charge in [-0.1, -0.05) is 56.5 Å². The van der Waals surface area contributed by atoms with Crippen LogP contribution in [0.3, 0.4) is 0 Å². The van der Waals surface area contributed by atoms with Crippen LogP contribution < -0.4 is 0 Å². The van der Waals surface area contributed by atoms with Crippen molar-refractivity contribution >= 4 is 11.5 Å². The van der Waals surface area contributed by atoms with Crippen LogP contribution in [0.4, 0.5) is 0 Å². The van der Waals surface area contributed by atoms with Crippen molar-refractivity contribution in [3.8, 4) is 0 Å². The van der Waals surface area contributed by atoms with Crippen molar-refractivity contribution < 1.29 is 19.7 Å². The zero-order valence-corrected chi connectivity index (χ0v) is 13.5. The van der Waals surface area contributed by atoms with E-state index in [0.717, 1.165) is 25.7 Å². The summed E-state index contributed by atoms with van der Waals surface area (Å²) in [6, 6.07) is 8.88. The van der Waals surface area contributed by atoms with E-state index < -0.39 is 5.79 Å². The average Bonchev–Trinajstić information content (AvgIpc) is 2.55. The molecule has 124 valence electrons. The van der Waals surface area contributed by atoms with Crippen LogP contribution in [0.2, 0.25) is 0 Å². The maximum Gasteiger partial charge on any atom is 0.192 e. The molecule has 1 unspecified atom stereocenters. The number of ketones is 1. The number of unbranched alkanes of at least 4 members (excludes halogenated alkanes) is 3. The Balaban J connectivity index is 2.04. The quantitative estimate of drug-likeness (QED) is 0.348. The Morgan fingerprint density at radius 3 is 2.61 bits per heavy atom. The minimum Gasteiger partial charge on any atom is -0.507 e. The molecule has 0 amide bonds. The Morgan fingerprint density at radius 2 is 1.96 bits per heavy atom. The van der Waals surface area contributed by atoms with Gasteiger partial charge in [0.1, 0.15) is 5.76 Å². The Labute approximate surface area is 137 Å². The molecule has 1 aliphatic rings. The molecule has 0 spiro atoms. The van der Waals surface area contributed by atoms with Gasteiger partial charge in [-0.05, 0) is 18.6 Å². The molecule has 0 radical (unpaired) electrons. The third kappa shape index (κ3) is 4.78. The molecule has 2 rings (SSSR count). The molecule has 4 heteroatoms. The van der Waals surface area contributed by atoms with E-state index in [2.05, 4.69) is 6.92 Å². The first-order valence-corrected chi connectivity index (χ1v) is 8.13. The van der Waals surface area contributed by atoms with E-state index in [1.54, 1.807) is 24.3 Å². The van der Waals surface area contributed by atoms with Crippen molar-refractivity contribution in [2.75, 3.05) is 6.61 Å². The summed E-state index contributed by atoms with van der Waals surface area (Å²) in [6.07, 6.45) is 6.89. The lowest BCUT2D eigenvalue weighted by atomic mass is 9.93. The van der Waals surface area contributed by atoms with E-state index in [0.29, 0.717) is 12.2 Å². The van der Waals surface area contributed by atoms with Gasteiger partial charge in [0.15, 0.2) is 11.6 Å². The second kappa shape index (κ2) is 8.09. The fraction of sp³-hybridized carbons (Fsp3) is 0.421. The number of allylic oxidation sites excluding steroid dienone is 2. The summed E-state index contributed by atoms with van der Waals surface area (Å²) in [4.78, 5) is 12.3. The molecule has 4 nitrogen and oxygen atoms in total. The second-order valence-corrected chi connectivity index (χ2v) is 5.82. The number of carbonyl (C=O) groups excluding carboxylic acids is 1. The molecule has 0 fully saturated rings. The largest absolute Gasteiger partial charge is 0.507 e. The highest BCUT2D eigenvalue weighted by Gasteiger charge is 2.34. The fourth-order valence-electron chi connectivity index (χ4n) is 2.53. The molecule has 0 heterocycles. The van der Waals surface area contributed by atoms with Crippen LogP contribution >= 0.6 is 0 Å². The minimum absolute atomic E-state index is 0.0724. The van der Waals surface area contributed by atoms with E-state index in [9.17, 15) is 15.0 Å². The normalized spacial score (nSPS) is 23.1. The van der Waals surface area contributed by atoms with Gasteiger partial charge in [0.25, 0.3) is 0 Å². The van der Waals surface area contributed by atoms with Gasteiger partial charge in [0, 0.05) is 5.56 Å². The molecule has 0 saturated carbocycles. The molecule has 0 aromatic heterocycles. The van der Waals surface area contributed by atoms with Crippen LogP contribution in [0.15, 0.2) is 48.1 Å². The number of aliphatic hydroxyl groups is 2. The van der Waals surface area contributed by atoms with Crippen LogP contribution in [0.1, 0.15) is 44.6 Å². The number of Topliss-reactive ketones (excluding diaryl/α,β-unsaturated/α-hetero) is 1. The SMILES string of the molecule is CCCCCCOC1(O)C=CC(=C(O)c2ccccc2)C(=O)C1. The maximum absolute atomic E-state index is 12.3. The third-order valence-electron chi connectivity index (χ3n) is 3.88. The molecular formula is C19H24O4. The highest BCUT2D eigenvalue weighted by Crippen LogP contribution is 2.28. The van der Waals surface area contributed by atoms with Gasteiger partial charge in [-0.3, -0.25) is 4.79 Å². The number of benzene rings is 1. The van der Waals surface area contributed by atoms with Crippen molar-refractivity contribution in [3.63, 3.8) is 0 Å². The molecular weight excluding hydrogens is 292 g/mol. The molecule has 2 N–H and O–H groups in total. The Morgan fingerprint density at radius 1 is 1.22 bits per heavy atom. The molecule has 23 heavy (non-hydrogen) atoms. The van der Waals surface area contributed by atoms with Crippen LogP contribution in [0.5, 0.6) is 0 Å². The highest BCUT2D eigenvalue weighted by molar-refractivity contribution is 6.05. The minimum atomic E-state index is -1.57. The Hall–Kier alpha value is -1.91. The second-order valence-electron chi connectivity index (χ2n) is 5.82. The first-order chi connectivity index (χ1) is 11.1. The van der Waals surface area contributed by atoms with E-state index in [4.69, 9.17) is 4.74 Å². The van der Waals surface area contributed by atoms with Crippen molar-refractivity contribution in [1.82, 2.24) is 0 Å². The summed E-state index contributed by atoms with van der Waals surface area (Å²) in [5.74, 6) is -1.97. The lowest BCUT2D eigenvalue weighted by Crippen LogP contribution is -2.36. The Bertz CT molecular complexity index is 589. The molecule has 1 aliphatic carbocycles. The number of hydrogen-bond acceptors (Lipinski definition) is 4. The number of carbonyl (C=O) groups is 1. The van der Waals surface area contributed by atoms with E-state index in [1.165, 1.54) is 12.2 Å². The average molecular weight is 316 g/mol. The molecule has 1 atom stereocenters. The van der Waals surface area contributed by atoms with Gasteiger partial charge < -0.3 is 14.9 Å². The highest BCUT2D eigenvalue weighted by atomic mass is 16.6. The predicted molar refractivity (Wildman–Crippen MR) is 89.8 cm³/mol. The Kier molecular flexibility index (Phi) is 6.13. The predicted octanol–water partition coefficient (Wildman–Crippen LogP) is 3.77. The zero-order chi connectivity index (χ0) is 16.7. The standard InChI is InChI=1S/C19H24O4/c1-2-3-4-8-13-23-19(22)12-11-16(17(20)14-19)18(21)15-9-6-5-7-10-15/h5-7,9-12,21-22H,2-4,8,13-14H2,1H3. The van der Waals surface area contributed by atoms with E-state index in [-0.39, 0.29) is 23.5 Å². The van der Waals surface area contributed by atoms with Gasteiger partial charge in [-0.25, -0.2) is 0 Å². The van der Waals surface area contributed by atoms with E-state index in [1.807, 2.05) is 6.07 Å².